The first kappa shape index (κ1) is 24.1. The maximum atomic E-state index is 13.1. The van der Waals surface area contributed by atoms with Gasteiger partial charge >= 0.3 is 12.1 Å². The molecule has 2 aliphatic rings. The van der Waals surface area contributed by atoms with Crippen molar-refractivity contribution in [2.45, 2.75) is 32.0 Å². The van der Waals surface area contributed by atoms with Gasteiger partial charge in [0.25, 0.3) is 5.91 Å². The Balaban J connectivity index is 1.63. The largest absolute Gasteiger partial charge is 0.497 e. The number of amides is 6. The summed E-state index contributed by atoms with van der Waals surface area (Å²) in [5.74, 6) is 0.415. The van der Waals surface area contributed by atoms with Crippen LogP contribution in [0, 0.1) is 6.92 Å². The van der Waals surface area contributed by atoms with Crippen molar-refractivity contribution < 1.29 is 23.9 Å². The number of benzene rings is 2. The molecule has 2 aromatic rings. The van der Waals surface area contributed by atoms with Crippen LogP contribution < -0.4 is 26.0 Å². The van der Waals surface area contributed by atoms with Gasteiger partial charge in [-0.25, -0.2) is 9.59 Å². The van der Waals surface area contributed by atoms with Crippen LogP contribution in [0.15, 0.2) is 36.4 Å². The van der Waals surface area contributed by atoms with E-state index in [4.69, 9.17) is 17.0 Å². The molecule has 1 unspecified atom stereocenters. The summed E-state index contributed by atoms with van der Waals surface area (Å²) >= 11 is 5.34. The number of urea groups is 2. The SMILES string of the molecule is COc1ccc2c(c1)C(=O)N(C[C@H](NC(=O)NC=O)c1ccc(C3(C)NC(=O)NC3=S)cc1C)C2. The molecule has 1 saturated heterocycles. The molecule has 0 bridgehead atoms. The van der Waals surface area contributed by atoms with E-state index in [0.29, 0.717) is 29.3 Å². The number of methoxy groups -OCH3 is 1. The number of carbonyl (C=O) groups excluding carboxylic acids is 4. The molecule has 6 amide bonds. The maximum absolute atomic E-state index is 13.1. The fourth-order valence-corrected chi connectivity index (χ4v) is 4.70. The van der Waals surface area contributed by atoms with E-state index in [1.165, 1.54) is 7.11 Å². The number of hydrogen-bond donors (Lipinski definition) is 4. The van der Waals surface area contributed by atoms with E-state index in [9.17, 15) is 19.2 Å². The molecule has 10 nitrogen and oxygen atoms in total. The Bertz CT molecular complexity index is 1250. The maximum Gasteiger partial charge on any atom is 0.321 e. The zero-order chi connectivity index (χ0) is 25.3. The highest BCUT2D eigenvalue weighted by Crippen LogP contribution is 2.31. The molecule has 2 atom stereocenters. The Morgan fingerprint density at radius 1 is 1.29 bits per heavy atom. The van der Waals surface area contributed by atoms with Crippen LogP contribution in [-0.4, -0.2) is 47.9 Å². The average molecular weight is 496 g/mol. The zero-order valence-corrected chi connectivity index (χ0v) is 20.2. The number of carbonyl (C=O) groups is 4. The smallest absolute Gasteiger partial charge is 0.321 e. The molecule has 0 saturated carbocycles. The van der Waals surface area contributed by atoms with Crippen molar-refractivity contribution in [2.75, 3.05) is 13.7 Å². The van der Waals surface area contributed by atoms with Crippen LogP contribution in [0.5, 0.6) is 5.75 Å². The van der Waals surface area contributed by atoms with E-state index in [1.54, 1.807) is 17.0 Å². The van der Waals surface area contributed by atoms with Gasteiger partial charge in [-0.2, -0.15) is 0 Å². The summed E-state index contributed by atoms with van der Waals surface area (Å²) in [6, 6.07) is 9.21. The Morgan fingerprint density at radius 3 is 2.69 bits per heavy atom. The zero-order valence-electron chi connectivity index (χ0n) is 19.4. The highest BCUT2D eigenvalue weighted by molar-refractivity contribution is 7.80. The van der Waals surface area contributed by atoms with Gasteiger partial charge in [-0.3, -0.25) is 20.2 Å². The van der Waals surface area contributed by atoms with Crippen LogP contribution in [0.2, 0.25) is 0 Å². The lowest BCUT2D eigenvalue weighted by Crippen LogP contribution is -2.43. The van der Waals surface area contributed by atoms with E-state index < -0.39 is 17.6 Å². The Labute approximate surface area is 207 Å². The highest BCUT2D eigenvalue weighted by Gasteiger charge is 2.40. The van der Waals surface area contributed by atoms with Crippen molar-refractivity contribution in [2.24, 2.45) is 0 Å². The number of nitrogens with one attached hydrogen (secondary N) is 4. The molecule has 11 heteroatoms. The Kier molecular flexibility index (Phi) is 6.44. The molecule has 2 aliphatic heterocycles. The monoisotopic (exact) mass is 495 g/mol. The highest BCUT2D eigenvalue weighted by atomic mass is 32.1. The quantitative estimate of drug-likeness (QED) is 0.344. The lowest BCUT2D eigenvalue weighted by molar-refractivity contribution is -0.108. The number of fused-ring (bicyclic) bond motifs is 1. The van der Waals surface area contributed by atoms with Crippen LogP contribution in [0.1, 0.15) is 45.6 Å². The molecule has 0 spiro atoms. The second-order valence-corrected chi connectivity index (χ2v) is 9.01. The molecule has 2 heterocycles. The second kappa shape index (κ2) is 9.34. The third-order valence-electron chi connectivity index (χ3n) is 6.36. The fraction of sp³-hybridized carbons (Fsp3) is 0.292. The second-order valence-electron chi connectivity index (χ2n) is 8.60. The van der Waals surface area contributed by atoms with E-state index in [1.807, 2.05) is 38.1 Å². The molecule has 4 rings (SSSR count). The van der Waals surface area contributed by atoms with Gasteiger partial charge in [0.05, 0.1) is 13.2 Å². The van der Waals surface area contributed by atoms with Gasteiger partial charge in [0.2, 0.25) is 6.41 Å². The number of hydrogen-bond acceptors (Lipinski definition) is 6. The van der Waals surface area contributed by atoms with Crippen molar-refractivity contribution >= 4 is 41.6 Å². The normalized spacial score (nSPS) is 19.5. The molecule has 0 aliphatic carbocycles. The number of imide groups is 1. The molecule has 182 valence electrons. The summed E-state index contributed by atoms with van der Waals surface area (Å²) in [4.78, 5) is 49.9. The topological polar surface area (TPSA) is 129 Å². The first-order valence-electron chi connectivity index (χ1n) is 10.9. The van der Waals surface area contributed by atoms with Crippen LogP contribution >= 0.6 is 12.2 Å². The van der Waals surface area contributed by atoms with Crippen LogP contribution in [0.25, 0.3) is 0 Å². The third-order valence-corrected chi connectivity index (χ3v) is 6.87. The predicted molar refractivity (Wildman–Crippen MR) is 131 cm³/mol. The molecule has 1 fully saturated rings. The molecule has 0 radical (unpaired) electrons. The Hall–Kier alpha value is -3.99. The first-order chi connectivity index (χ1) is 16.7. The van der Waals surface area contributed by atoms with Gasteiger partial charge in [0.15, 0.2) is 0 Å². The van der Waals surface area contributed by atoms with Gasteiger partial charge < -0.3 is 20.3 Å². The van der Waals surface area contributed by atoms with Crippen molar-refractivity contribution in [3.8, 4) is 5.75 Å². The third kappa shape index (κ3) is 4.54. The van der Waals surface area contributed by atoms with Gasteiger partial charge in [0.1, 0.15) is 16.3 Å². The number of thiocarbonyl (C=S) groups is 1. The van der Waals surface area contributed by atoms with E-state index in [0.717, 1.165) is 22.3 Å². The lowest BCUT2D eigenvalue weighted by Gasteiger charge is -2.28. The summed E-state index contributed by atoms with van der Waals surface area (Å²) in [5, 5.41) is 10.3. The van der Waals surface area contributed by atoms with Gasteiger partial charge in [-0.05, 0) is 48.2 Å². The molecule has 4 N–H and O–H groups in total. The molecule has 35 heavy (non-hydrogen) atoms. The van der Waals surface area contributed by atoms with E-state index in [-0.39, 0.29) is 18.5 Å². The Morgan fingerprint density at radius 2 is 2.06 bits per heavy atom. The van der Waals surface area contributed by atoms with Gasteiger partial charge in [0, 0.05) is 18.7 Å². The average Bonchev–Trinajstić information content (AvgIpc) is 3.27. The molecule has 0 aromatic heterocycles. The number of aryl methyl sites for hydroxylation is 1. The minimum atomic E-state index is -0.862. The molecule has 2 aromatic carbocycles. The lowest BCUT2D eigenvalue weighted by atomic mass is 9.88. The van der Waals surface area contributed by atoms with Crippen molar-refractivity contribution in [1.29, 1.82) is 0 Å². The summed E-state index contributed by atoms with van der Waals surface area (Å²) in [7, 11) is 1.54. The van der Waals surface area contributed by atoms with Gasteiger partial charge in [-0.1, -0.05) is 36.5 Å². The predicted octanol–water partition coefficient (Wildman–Crippen LogP) is 2.01. The van der Waals surface area contributed by atoms with Crippen molar-refractivity contribution in [1.82, 2.24) is 26.2 Å². The standard InChI is InChI=1S/C24H25N5O5S/c1-13-8-15(24(2)21(35)27-23(33)28-24)5-7-17(13)19(26-22(32)25-12-30)11-29-10-14-4-6-16(34-3)9-18(14)20(29)31/h4-9,12,19H,10-11H2,1-3H3,(H2,25,26,30,32)(H2,27,28,33,35)/t19-,24?/m0/s1. The van der Waals surface area contributed by atoms with Crippen LogP contribution in [0.4, 0.5) is 9.59 Å². The number of nitrogens with zero attached hydrogens (tertiary/aromatic N) is 1. The van der Waals surface area contributed by atoms with Crippen molar-refractivity contribution in [3.05, 3.63) is 64.2 Å². The number of rotatable bonds is 7. The fourth-order valence-electron chi connectivity index (χ4n) is 4.43. The number of ether oxygens (including phenoxy) is 1. The minimum Gasteiger partial charge on any atom is -0.497 e. The summed E-state index contributed by atoms with van der Waals surface area (Å²) < 4.78 is 5.24. The van der Waals surface area contributed by atoms with Crippen LogP contribution in [0.3, 0.4) is 0 Å². The molecular formula is C24H25N5O5S. The van der Waals surface area contributed by atoms with Crippen molar-refractivity contribution in [3.63, 3.8) is 0 Å². The van der Waals surface area contributed by atoms with Gasteiger partial charge in [-0.15, -0.1) is 0 Å². The molecular weight excluding hydrogens is 470 g/mol. The van der Waals surface area contributed by atoms with E-state index >= 15 is 0 Å². The summed E-state index contributed by atoms with van der Waals surface area (Å²) in [6.07, 6.45) is 0.295. The van der Waals surface area contributed by atoms with Crippen LogP contribution in [-0.2, 0) is 16.9 Å². The first-order valence-corrected chi connectivity index (χ1v) is 11.3. The minimum absolute atomic E-state index is 0.173. The summed E-state index contributed by atoms with van der Waals surface area (Å²) in [5.41, 5.74) is 2.90. The summed E-state index contributed by atoms with van der Waals surface area (Å²) in [6.45, 7) is 4.24. The van der Waals surface area contributed by atoms with E-state index in [2.05, 4.69) is 21.3 Å².